The molecule has 0 aliphatic heterocycles. The molecule has 0 fully saturated rings. The molecule has 2 aromatic heterocycles. The highest BCUT2D eigenvalue weighted by Gasteiger charge is 2.42. The molecule has 3 rings (SSSR count). The highest BCUT2D eigenvalue weighted by Crippen LogP contribution is 2.31. The van der Waals surface area contributed by atoms with E-state index in [1.165, 1.54) is 30.6 Å². The number of pyridine rings is 2. The first-order valence-electron chi connectivity index (χ1n) is 12.9. The van der Waals surface area contributed by atoms with Crippen molar-refractivity contribution in [2.45, 2.75) is 70.5 Å². The van der Waals surface area contributed by atoms with Crippen molar-refractivity contribution in [3.63, 3.8) is 0 Å². The summed E-state index contributed by atoms with van der Waals surface area (Å²) < 4.78 is 35.8. The molecule has 2 atom stereocenters. The molecular formula is C29H35BrN4O6S. The van der Waals surface area contributed by atoms with Gasteiger partial charge in [0.1, 0.15) is 22.4 Å². The number of carbonyl (C=O) groups excluding carboxylic acids is 1. The van der Waals surface area contributed by atoms with E-state index in [0.29, 0.717) is 0 Å². The van der Waals surface area contributed by atoms with E-state index in [9.17, 15) is 23.1 Å². The Labute approximate surface area is 249 Å². The largest absolute Gasteiger partial charge is 0.480 e. The van der Waals surface area contributed by atoms with Crippen LogP contribution >= 0.6 is 15.9 Å². The summed E-state index contributed by atoms with van der Waals surface area (Å²) >= 11 is 3.41. The Morgan fingerprint density at radius 2 is 1.68 bits per heavy atom. The maximum absolute atomic E-state index is 13.4. The Bertz CT molecular complexity index is 1470. The molecule has 2 unspecified atom stereocenters. The average Bonchev–Trinajstić information content (AvgIpc) is 2.86. The van der Waals surface area contributed by atoms with Gasteiger partial charge in [-0.3, -0.25) is 4.98 Å². The van der Waals surface area contributed by atoms with E-state index in [0.717, 1.165) is 14.9 Å². The molecule has 3 aromatic rings. The van der Waals surface area contributed by atoms with Crippen LogP contribution in [0.3, 0.4) is 0 Å². The van der Waals surface area contributed by atoms with Crippen LogP contribution in [-0.4, -0.2) is 47.2 Å². The smallest absolute Gasteiger partial charge is 0.416 e. The molecule has 220 valence electrons. The fourth-order valence-electron chi connectivity index (χ4n) is 4.10. The number of nitrogens with one attached hydrogen (secondary N) is 1. The van der Waals surface area contributed by atoms with Crippen LogP contribution in [0.4, 0.5) is 10.6 Å². The number of aromatic nitrogens is 2. The van der Waals surface area contributed by atoms with Crippen LogP contribution in [0.2, 0.25) is 0 Å². The van der Waals surface area contributed by atoms with Gasteiger partial charge in [0.25, 0.3) is 0 Å². The van der Waals surface area contributed by atoms with Crippen LogP contribution in [0.15, 0.2) is 76.4 Å². The van der Waals surface area contributed by atoms with Crippen LogP contribution in [0, 0.1) is 5.41 Å². The lowest BCUT2D eigenvalue weighted by atomic mass is 9.85. The van der Waals surface area contributed by atoms with Crippen molar-refractivity contribution in [3.8, 4) is 0 Å². The minimum absolute atomic E-state index is 0.0143. The van der Waals surface area contributed by atoms with Crippen LogP contribution in [0.1, 0.15) is 58.8 Å². The number of halogens is 1. The first-order chi connectivity index (χ1) is 19.0. The third-order valence-electron chi connectivity index (χ3n) is 5.86. The molecule has 10 nitrogen and oxygen atoms in total. The molecule has 1 aromatic carbocycles. The molecule has 0 radical (unpaired) electrons. The van der Waals surface area contributed by atoms with E-state index < -0.39 is 45.2 Å². The topological polar surface area (TPSA) is 139 Å². The van der Waals surface area contributed by atoms with Gasteiger partial charge in [-0.2, -0.15) is 0 Å². The summed E-state index contributed by atoms with van der Waals surface area (Å²) in [5.74, 6) is -1.22. The van der Waals surface area contributed by atoms with Gasteiger partial charge in [0, 0.05) is 16.9 Å². The lowest BCUT2D eigenvalue weighted by molar-refractivity contribution is -0.141. The van der Waals surface area contributed by atoms with Crippen molar-refractivity contribution in [1.82, 2.24) is 14.7 Å². The summed E-state index contributed by atoms with van der Waals surface area (Å²) in [5.41, 5.74) is -0.706. The zero-order valence-corrected chi connectivity index (χ0v) is 26.2. The van der Waals surface area contributed by atoms with Gasteiger partial charge in [-0.25, -0.2) is 32.6 Å². The Balaban J connectivity index is 2.14. The van der Waals surface area contributed by atoms with Crippen molar-refractivity contribution in [2.24, 2.45) is 5.41 Å². The van der Waals surface area contributed by atoms with Crippen molar-refractivity contribution < 1.29 is 27.9 Å². The molecule has 0 aliphatic carbocycles. The first-order valence-corrected chi connectivity index (χ1v) is 15.1. The average molecular weight is 648 g/mol. The number of carboxylic acids is 1. The fraction of sp³-hybridized carbons (Fsp3) is 0.379. The quantitative estimate of drug-likeness (QED) is 0.300. The molecule has 0 aliphatic rings. The number of rotatable bonds is 9. The van der Waals surface area contributed by atoms with Crippen molar-refractivity contribution in [3.05, 3.63) is 82.7 Å². The summed E-state index contributed by atoms with van der Waals surface area (Å²) in [7, 11) is -4.02. The second-order valence-electron chi connectivity index (χ2n) is 11.6. The summed E-state index contributed by atoms with van der Waals surface area (Å²) in [6.07, 6.45) is 2.05. The van der Waals surface area contributed by atoms with E-state index in [-0.39, 0.29) is 22.8 Å². The van der Waals surface area contributed by atoms with E-state index >= 15 is 0 Å². The number of nitrogens with zero attached hydrogens (tertiary/aromatic N) is 3. The standard InChI is InChI=1S/C29H35BrN4O6S/c1-28(2,3)25(26(35)36)34(27(37)40-29(4,5)6)24-11-7-10-22(32-24)23(17-19-12-14-20(30)15-13-19)33-41(38,39)21-9-8-16-31-18-21/h7-16,18,23,25,33H,17H2,1-6H3,(H,35,36). The molecule has 41 heavy (non-hydrogen) atoms. The number of carbonyl (C=O) groups is 2. The Morgan fingerprint density at radius 3 is 2.22 bits per heavy atom. The minimum Gasteiger partial charge on any atom is -0.480 e. The molecule has 2 heterocycles. The van der Waals surface area contributed by atoms with E-state index in [1.54, 1.807) is 53.7 Å². The zero-order valence-electron chi connectivity index (χ0n) is 23.8. The fourth-order valence-corrected chi connectivity index (χ4v) is 5.54. The molecule has 1 amide bonds. The maximum Gasteiger partial charge on any atom is 0.416 e. The Kier molecular flexibility index (Phi) is 9.94. The summed E-state index contributed by atoms with van der Waals surface area (Å²) in [6, 6.07) is 12.9. The number of anilines is 1. The second-order valence-corrected chi connectivity index (χ2v) is 14.2. The Morgan fingerprint density at radius 1 is 1.02 bits per heavy atom. The molecule has 0 saturated carbocycles. The van der Waals surface area contributed by atoms with Crippen molar-refractivity contribution in [1.29, 1.82) is 0 Å². The summed E-state index contributed by atoms with van der Waals surface area (Å²) in [5, 5.41) is 10.2. The molecule has 0 saturated heterocycles. The molecule has 0 bridgehead atoms. The number of hydrogen-bond donors (Lipinski definition) is 2. The molecular weight excluding hydrogens is 612 g/mol. The number of carboxylic acid groups (broad SMARTS) is 1. The van der Waals surface area contributed by atoms with E-state index in [2.05, 4.69) is 30.6 Å². The summed E-state index contributed by atoms with van der Waals surface area (Å²) in [6.45, 7) is 10.1. The third-order valence-corrected chi connectivity index (χ3v) is 7.84. The molecule has 12 heteroatoms. The number of ether oxygens (including phenoxy) is 1. The van der Waals surface area contributed by atoms with Gasteiger partial charge >= 0.3 is 12.1 Å². The SMILES string of the molecule is CC(C)(C)OC(=O)N(c1cccc(C(Cc2ccc(Br)cc2)NS(=O)(=O)c2cccnc2)n1)C(C(=O)O)C(C)(C)C. The molecule has 0 spiro atoms. The first kappa shape index (κ1) is 32.2. The minimum atomic E-state index is -4.02. The van der Waals surface area contributed by atoms with Gasteiger partial charge in [-0.15, -0.1) is 0 Å². The van der Waals surface area contributed by atoms with E-state index in [4.69, 9.17) is 4.74 Å². The lowest BCUT2D eigenvalue weighted by Gasteiger charge is -2.37. The van der Waals surface area contributed by atoms with Crippen LogP contribution in [0.5, 0.6) is 0 Å². The maximum atomic E-state index is 13.4. The highest BCUT2D eigenvalue weighted by atomic mass is 79.9. The molecule has 2 N–H and O–H groups in total. The van der Waals surface area contributed by atoms with Gasteiger partial charge in [-0.05, 0) is 74.6 Å². The number of sulfonamides is 1. The van der Waals surface area contributed by atoms with Crippen molar-refractivity contribution >= 4 is 43.8 Å². The van der Waals surface area contributed by atoms with Gasteiger partial charge in [0.2, 0.25) is 10.0 Å². The van der Waals surface area contributed by atoms with Crippen molar-refractivity contribution in [2.75, 3.05) is 4.90 Å². The normalized spacial score (nSPS) is 13.7. The second kappa shape index (κ2) is 12.7. The van der Waals surface area contributed by atoms with Crippen LogP contribution < -0.4 is 9.62 Å². The predicted octanol–water partition coefficient (Wildman–Crippen LogP) is 5.74. The monoisotopic (exact) mass is 646 g/mol. The van der Waals surface area contributed by atoms with Gasteiger partial charge < -0.3 is 9.84 Å². The number of hydrogen-bond acceptors (Lipinski definition) is 7. The Hall–Kier alpha value is -3.35. The predicted molar refractivity (Wildman–Crippen MR) is 159 cm³/mol. The van der Waals surface area contributed by atoms with Gasteiger partial charge in [-0.1, -0.05) is 54.9 Å². The lowest BCUT2D eigenvalue weighted by Crippen LogP contribution is -2.54. The van der Waals surface area contributed by atoms with Crippen LogP contribution in [-0.2, 0) is 26.0 Å². The zero-order chi connectivity index (χ0) is 30.6. The van der Waals surface area contributed by atoms with Crippen LogP contribution in [0.25, 0.3) is 0 Å². The number of benzene rings is 1. The number of amides is 1. The summed E-state index contributed by atoms with van der Waals surface area (Å²) in [4.78, 5) is 35.5. The third kappa shape index (κ3) is 8.82. The van der Waals surface area contributed by atoms with E-state index in [1.807, 2.05) is 24.3 Å². The highest BCUT2D eigenvalue weighted by molar-refractivity contribution is 9.10. The van der Waals surface area contributed by atoms with Gasteiger partial charge in [0.05, 0.1) is 11.7 Å². The number of aliphatic carboxylic acids is 1. The van der Waals surface area contributed by atoms with Gasteiger partial charge in [0.15, 0.2) is 0 Å².